The van der Waals surface area contributed by atoms with Crippen LogP contribution >= 0.6 is 12.2 Å². The number of benzene rings is 2. The van der Waals surface area contributed by atoms with E-state index in [1.807, 2.05) is 31.3 Å². The van der Waals surface area contributed by atoms with Gasteiger partial charge in [-0.25, -0.2) is 0 Å². The van der Waals surface area contributed by atoms with E-state index in [1.54, 1.807) is 14.2 Å². The smallest absolute Gasteiger partial charge is 0.173 e. The second kappa shape index (κ2) is 9.28. The Morgan fingerprint density at radius 3 is 2.36 bits per heavy atom. The Balaban J connectivity index is 1.82. The number of nitrogens with one attached hydrogen (secondary N) is 1. The number of hydrogen-bond donors (Lipinski definition) is 1. The number of nitrogens with zero attached hydrogens (tertiary/aromatic N) is 1. The van der Waals surface area contributed by atoms with Crippen LogP contribution in [0.25, 0.3) is 0 Å². The number of thiocarbonyl (C=S) groups is 1. The van der Waals surface area contributed by atoms with Gasteiger partial charge in [0.25, 0.3) is 0 Å². The lowest BCUT2D eigenvalue weighted by Crippen LogP contribution is -2.32. The van der Waals surface area contributed by atoms with Crippen molar-refractivity contribution in [2.45, 2.75) is 19.8 Å². The molecule has 0 atom stereocenters. The van der Waals surface area contributed by atoms with Crippen LogP contribution in [0, 0.1) is 6.92 Å². The van der Waals surface area contributed by atoms with Gasteiger partial charge in [-0.1, -0.05) is 23.8 Å². The molecule has 0 aliphatic carbocycles. The van der Waals surface area contributed by atoms with Crippen molar-refractivity contribution in [3.05, 3.63) is 53.6 Å². The van der Waals surface area contributed by atoms with Gasteiger partial charge in [-0.2, -0.15) is 0 Å². The predicted molar refractivity (Wildman–Crippen MR) is 108 cm³/mol. The minimum Gasteiger partial charge on any atom is -0.493 e. The first-order valence-corrected chi connectivity index (χ1v) is 8.74. The summed E-state index contributed by atoms with van der Waals surface area (Å²) in [4.78, 5) is 2.07. The average Bonchev–Trinajstić information content (AvgIpc) is 2.63. The summed E-state index contributed by atoms with van der Waals surface area (Å²) >= 11 is 5.47. The van der Waals surface area contributed by atoms with Gasteiger partial charge in [0.1, 0.15) is 0 Å². The fraction of sp³-hybridized carbons (Fsp3) is 0.350. The molecule has 0 saturated heterocycles. The minimum atomic E-state index is 0.733. The topological polar surface area (TPSA) is 33.7 Å². The van der Waals surface area contributed by atoms with Crippen LogP contribution in [0.4, 0.5) is 5.69 Å². The second-order valence-electron chi connectivity index (χ2n) is 6.01. The maximum atomic E-state index is 5.47. The molecule has 2 rings (SSSR count). The zero-order valence-corrected chi connectivity index (χ0v) is 16.2. The Kier molecular flexibility index (Phi) is 7.07. The van der Waals surface area contributed by atoms with E-state index in [1.165, 1.54) is 11.1 Å². The molecule has 0 bridgehead atoms. The highest BCUT2D eigenvalue weighted by molar-refractivity contribution is 7.80. The van der Waals surface area contributed by atoms with Crippen LogP contribution in [0.2, 0.25) is 0 Å². The first kappa shape index (κ1) is 19.1. The van der Waals surface area contributed by atoms with Gasteiger partial charge in [-0.15, -0.1) is 0 Å². The Bertz CT molecular complexity index is 701. The van der Waals surface area contributed by atoms with Crippen molar-refractivity contribution >= 4 is 23.0 Å². The van der Waals surface area contributed by atoms with E-state index in [2.05, 4.69) is 35.3 Å². The van der Waals surface area contributed by atoms with Gasteiger partial charge in [0.15, 0.2) is 16.6 Å². The molecule has 0 spiro atoms. The minimum absolute atomic E-state index is 0.733. The van der Waals surface area contributed by atoms with E-state index in [0.717, 1.165) is 41.7 Å². The molecule has 0 aliphatic rings. The Labute approximate surface area is 155 Å². The zero-order chi connectivity index (χ0) is 18.2. The molecular formula is C20H26N2O2S. The highest BCUT2D eigenvalue weighted by Crippen LogP contribution is 2.27. The summed E-state index contributed by atoms with van der Waals surface area (Å²) in [6.07, 6.45) is 1.96. The lowest BCUT2D eigenvalue weighted by Gasteiger charge is -2.21. The van der Waals surface area contributed by atoms with Crippen molar-refractivity contribution in [3.8, 4) is 11.5 Å². The third kappa shape index (κ3) is 5.64. The molecule has 4 nitrogen and oxygen atoms in total. The van der Waals surface area contributed by atoms with Gasteiger partial charge in [-0.3, -0.25) is 0 Å². The van der Waals surface area contributed by atoms with Crippen molar-refractivity contribution in [1.29, 1.82) is 0 Å². The summed E-state index contributed by atoms with van der Waals surface area (Å²) in [7, 11) is 5.32. The van der Waals surface area contributed by atoms with Gasteiger partial charge in [0.05, 0.1) is 14.2 Å². The standard InChI is InChI=1S/C20H26N2O2S/c1-15-7-10-17(11-8-15)21-20(25)22(2)13-5-6-16-9-12-18(23-3)19(14-16)24-4/h7-12,14H,5-6,13H2,1-4H3,(H,21,25). The van der Waals surface area contributed by atoms with Crippen LogP contribution < -0.4 is 14.8 Å². The number of hydrogen-bond acceptors (Lipinski definition) is 3. The van der Waals surface area contributed by atoms with Gasteiger partial charge < -0.3 is 19.7 Å². The fourth-order valence-electron chi connectivity index (χ4n) is 2.51. The number of aryl methyl sites for hydroxylation is 2. The Hall–Kier alpha value is -2.27. The average molecular weight is 359 g/mol. The fourth-order valence-corrected chi connectivity index (χ4v) is 2.72. The first-order chi connectivity index (χ1) is 12.0. The highest BCUT2D eigenvalue weighted by Gasteiger charge is 2.07. The molecule has 0 radical (unpaired) electrons. The molecule has 0 unspecified atom stereocenters. The van der Waals surface area contributed by atoms with Crippen LogP contribution in [-0.2, 0) is 6.42 Å². The summed E-state index contributed by atoms with van der Waals surface area (Å²) in [5.41, 5.74) is 3.48. The lowest BCUT2D eigenvalue weighted by molar-refractivity contribution is 0.354. The molecule has 2 aromatic rings. The molecule has 0 aliphatic heterocycles. The van der Waals surface area contributed by atoms with Gasteiger partial charge in [0, 0.05) is 19.3 Å². The second-order valence-corrected chi connectivity index (χ2v) is 6.40. The van der Waals surface area contributed by atoms with Crippen molar-refractivity contribution in [3.63, 3.8) is 0 Å². The van der Waals surface area contributed by atoms with Gasteiger partial charge in [-0.05, 0) is 61.8 Å². The van der Waals surface area contributed by atoms with E-state index in [0.29, 0.717) is 0 Å². The summed E-state index contributed by atoms with van der Waals surface area (Å²) in [5, 5.41) is 4.00. The summed E-state index contributed by atoms with van der Waals surface area (Å²) < 4.78 is 10.6. The SMILES string of the molecule is COc1ccc(CCCN(C)C(=S)Nc2ccc(C)cc2)cc1OC. The number of anilines is 1. The van der Waals surface area contributed by atoms with E-state index >= 15 is 0 Å². The Morgan fingerprint density at radius 2 is 1.72 bits per heavy atom. The molecule has 0 saturated carbocycles. The van der Waals surface area contributed by atoms with Gasteiger partial charge in [0.2, 0.25) is 0 Å². The number of rotatable bonds is 7. The zero-order valence-electron chi connectivity index (χ0n) is 15.3. The molecule has 0 heterocycles. The van der Waals surface area contributed by atoms with E-state index in [-0.39, 0.29) is 0 Å². The van der Waals surface area contributed by atoms with Crippen LogP contribution in [0.3, 0.4) is 0 Å². The number of methoxy groups -OCH3 is 2. The normalized spacial score (nSPS) is 10.2. The summed E-state index contributed by atoms with van der Waals surface area (Å²) in [6.45, 7) is 2.95. The monoisotopic (exact) mass is 358 g/mol. The number of ether oxygens (including phenoxy) is 2. The molecule has 0 fully saturated rings. The van der Waals surface area contributed by atoms with Gasteiger partial charge >= 0.3 is 0 Å². The van der Waals surface area contributed by atoms with Crippen molar-refractivity contribution in [1.82, 2.24) is 4.90 Å². The predicted octanol–water partition coefficient (Wildman–Crippen LogP) is 4.27. The van der Waals surface area contributed by atoms with E-state index < -0.39 is 0 Å². The van der Waals surface area contributed by atoms with E-state index in [9.17, 15) is 0 Å². The Morgan fingerprint density at radius 1 is 1.04 bits per heavy atom. The quantitative estimate of drug-likeness (QED) is 0.748. The molecule has 1 N–H and O–H groups in total. The molecule has 2 aromatic carbocycles. The maximum absolute atomic E-state index is 5.47. The summed E-state index contributed by atoms with van der Waals surface area (Å²) in [6, 6.07) is 14.3. The lowest BCUT2D eigenvalue weighted by atomic mass is 10.1. The third-order valence-corrected chi connectivity index (χ3v) is 4.47. The van der Waals surface area contributed by atoms with E-state index in [4.69, 9.17) is 21.7 Å². The highest BCUT2D eigenvalue weighted by atomic mass is 32.1. The van der Waals surface area contributed by atoms with Crippen LogP contribution in [0.1, 0.15) is 17.5 Å². The van der Waals surface area contributed by atoms with Crippen LogP contribution in [0.15, 0.2) is 42.5 Å². The largest absolute Gasteiger partial charge is 0.493 e. The first-order valence-electron chi connectivity index (χ1n) is 8.33. The maximum Gasteiger partial charge on any atom is 0.173 e. The molecule has 0 amide bonds. The summed E-state index contributed by atoms with van der Waals surface area (Å²) in [5.74, 6) is 1.52. The third-order valence-electron chi connectivity index (χ3n) is 4.06. The van der Waals surface area contributed by atoms with Crippen molar-refractivity contribution in [2.24, 2.45) is 0 Å². The van der Waals surface area contributed by atoms with Crippen LogP contribution in [-0.4, -0.2) is 37.8 Å². The molecule has 134 valence electrons. The van der Waals surface area contributed by atoms with Crippen molar-refractivity contribution < 1.29 is 9.47 Å². The molecule has 25 heavy (non-hydrogen) atoms. The molecule has 0 aromatic heterocycles. The van der Waals surface area contributed by atoms with Crippen LogP contribution in [0.5, 0.6) is 11.5 Å². The molecular weight excluding hydrogens is 332 g/mol. The molecule has 5 heteroatoms. The van der Waals surface area contributed by atoms with Crippen molar-refractivity contribution in [2.75, 3.05) is 33.1 Å².